The molecule has 0 heterocycles. The Balaban J connectivity index is 1.11. The van der Waals surface area contributed by atoms with E-state index in [0.29, 0.717) is 76.7 Å². The molecule has 0 spiro atoms. The standard InChI is InChI=1S/C36H58N2O10/c39-32(31-20-27(14-16-30(31)34(42)43)36(45)47-22-25-11-5-2-6-12-25)37-17-7-8-18-38-48-23-28-19-26(13-15-29(28)33(40)41)35(44)46-21-24-9-3-1-4-10-24/h24-31,38H,1-23H2,(H,37,39)(H,40,41)(H,42,43). The van der Waals surface area contributed by atoms with Crippen molar-refractivity contribution in [3.8, 4) is 0 Å². The summed E-state index contributed by atoms with van der Waals surface area (Å²) in [6.45, 7) is 1.86. The summed E-state index contributed by atoms with van der Waals surface area (Å²) in [5.74, 6) is -5.21. The van der Waals surface area contributed by atoms with Crippen molar-refractivity contribution < 1.29 is 48.5 Å². The van der Waals surface area contributed by atoms with E-state index in [1.807, 2.05) is 0 Å². The van der Waals surface area contributed by atoms with Crippen LogP contribution in [0, 0.1) is 47.3 Å². The number of unbranched alkanes of at least 4 members (excludes halogenated alkanes) is 1. The fourth-order valence-electron chi connectivity index (χ4n) is 8.20. The lowest BCUT2D eigenvalue weighted by Gasteiger charge is -2.33. The molecular formula is C36H58N2O10. The van der Waals surface area contributed by atoms with Gasteiger partial charge >= 0.3 is 23.9 Å². The van der Waals surface area contributed by atoms with Crippen molar-refractivity contribution in [3.05, 3.63) is 0 Å². The molecule has 0 radical (unpaired) electrons. The van der Waals surface area contributed by atoms with Gasteiger partial charge in [0.1, 0.15) is 0 Å². The molecule has 4 rings (SSSR count). The SMILES string of the molecule is O=C(OCC1CCCCC1)C1CCC(C(=O)O)C(CONCCCCNC(=O)C2CC(C(=O)OCC3CCCCC3)CCC2C(=O)O)C1. The topological polar surface area (TPSA) is 178 Å². The van der Waals surface area contributed by atoms with E-state index in [1.165, 1.54) is 25.7 Å². The molecule has 0 aromatic heterocycles. The Hall–Kier alpha value is -2.73. The second kappa shape index (κ2) is 20.1. The molecule has 4 N–H and O–H groups in total. The predicted octanol–water partition coefficient (Wildman–Crippen LogP) is 4.89. The second-order valence-electron chi connectivity index (χ2n) is 14.7. The smallest absolute Gasteiger partial charge is 0.308 e. The quantitative estimate of drug-likeness (QED) is 0.0936. The lowest BCUT2D eigenvalue weighted by atomic mass is 9.73. The summed E-state index contributed by atoms with van der Waals surface area (Å²) in [6, 6.07) is 0. The van der Waals surface area contributed by atoms with Gasteiger partial charge in [-0.3, -0.25) is 24.0 Å². The molecule has 12 nitrogen and oxygen atoms in total. The van der Waals surface area contributed by atoms with E-state index in [-0.39, 0.29) is 49.1 Å². The van der Waals surface area contributed by atoms with Crippen LogP contribution in [0.4, 0.5) is 0 Å². The number of carboxylic acid groups (broad SMARTS) is 2. The summed E-state index contributed by atoms with van der Waals surface area (Å²) in [7, 11) is 0. The third-order valence-electron chi connectivity index (χ3n) is 11.2. The van der Waals surface area contributed by atoms with E-state index in [4.69, 9.17) is 14.3 Å². The third-order valence-corrected chi connectivity index (χ3v) is 11.2. The van der Waals surface area contributed by atoms with Gasteiger partial charge in [-0.2, -0.15) is 0 Å². The van der Waals surface area contributed by atoms with Gasteiger partial charge < -0.3 is 29.8 Å². The number of carboxylic acids is 2. The van der Waals surface area contributed by atoms with Crippen LogP contribution < -0.4 is 10.8 Å². The number of rotatable bonds is 17. The highest BCUT2D eigenvalue weighted by atomic mass is 16.6. The summed E-state index contributed by atoms with van der Waals surface area (Å²) in [6.07, 6.45) is 15.0. The Bertz CT molecular complexity index is 1060. The van der Waals surface area contributed by atoms with Gasteiger partial charge in [0, 0.05) is 13.1 Å². The van der Waals surface area contributed by atoms with Gasteiger partial charge in [0.25, 0.3) is 0 Å². The normalized spacial score (nSPS) is 28.7. The van der Waals surface area contributed by atoms with Crippen molar-refractivity contribution in [3.63, 3.8) is 0 Å². The highest BCUT2D eigenvalue weighted by Gasteiger charge is 2.42. The second-order valence-corrected chi connectivity index (χ2v) is 14.7. The molecule has 272 valence electrons. The molecule has 4 saturated carbocycles. The van der Waals surface area contributed by atoms with Crippen molar-refractivity contribution in [1.82, 2.24) is 10.8 Å². The molecular weight excluding hydrogens is 620 g/mol. The number of carbonyl (C=O) groups excluding carboxylic acids is 3. The van der Waals surface area contributed by atoms with Gasteiger partial charge in [-0.05, 0) is 94.8 Å². The van der Waals surface area contributed by atoms with Crippen molar-refractivity contribution >= 4 is 29.8 Å². The molecule has 4 aliphatic carbocycles. The van der Waals surface area contributed by atoms with Crippen LogP contribution in [0.1, 0.15) is 116 Å². The van der Waals surface area contributed by atoms with Gasteiger partial charge in [-0.15, -0.1) is 0 Å². The zero-order chi connectivity index (χ0) is 34.3. The van der Waals surface area contributed by atoms with Crippen LogP contribution >= 0.6 is 0 Å². The van der Waals surface area contributed by atoms with Gasteiger partial charge in [-0.1, -0.05) is 38.5 Å². The first kappa shape index (κ1) is 38.1. The number of hydrogen-bond acceptors (Lipinski definition) is 9. The molecule has 4 fully saturated rings. The summed E-state index contributed by atoms with van der Waals surface area (Å²) >= 11 is 0. The molecule has 0 aliphatic heterocycles. The number of hydrogen-bond donors (Lipinski definition) is 4. The molecule has 0 bridgehead atoms. The zero-order valence-electron chi connectivity index (χ0n) is 28.5. The Morgan fingerprint density at radius 2 is 1.08 bits per heavy atom. The molecule has 0 aromatic carbocycles. The average Bonchev–Trinajstić information content (AvgIpc) is 3.10. The van der Waals surface area contributed by atoms with Crippen molar-refractivity contribution in [2.45, 2.75) is 116 Å². The fraction of sp³-hybridized carbons (Fsp3) is 0.861. The largest absolute Gasteiger partial charge is 0.481 e. The summed E-state index contributed by atoms with van der Waals surface area (Å²) in [5, 5.41) is 22.3. The van der Waals surface area contributed by atoms with Crippen LogP contribution in [0.25, 0.3) is 0 Å². The minimum absolute atomic E-state index is 0.169. The molecule has 12 heteroatoms. The number of hydroxylamine groups is 1. The van der Waals surface area contributed by atoms with Gasteiger partial charge in [0.15, 0.2) is 0 Å². The summed E-state index contributed by atoms with van der Waals surface area (Å²) in [4.78, 5) is 68.0. The Morgan fingerprint density at radius 3 is 1.65 bits per heavy atom. The number of esters is 2. The van der Waals surface area contributed by atoms with Crippen molar-refractivity contribution in [1.29, 1.82) is 0 Å². The van der Waals surface area contributed by atoms with Crippen LogP contribution in [0.2, 0.25) is 0 Å². The summed E-state index contributed by atoms with van der Waals surface area (Å²) < 4.78 is 11.2. The molecule has 1 amide bonds. The first-order valence-electron chi connectivity index (χ1n) is 18.6. The maximum atomic E-state index is 13.0. The van der Waals surface area contributed by atoms with E-state index in [9.17, 15) is 34.2 Å². The fourth-order valence-corrected chi connectivity index (χ4v) is 8.20. The van der Waals surface area contributed by atoms with E-state index < -0.39 is 35.6 Å². The first-order chi connectivity index (χ1) is 23.2. The van der Waals surface area contributed by atoms with Crippen LogP contribution in [0.3, 0.4) is 0 Å². The van der Waals surface area contributed by atoms with Crippen LogP contribution in [-0.4, -0.2) is 72.9 Å². The minimum Gasteiger partial charge on any atom is -0.481 e. The summed E-state index contributed by atoms with van der Waals surface area (Å²) in [5.41, 5.74) is 2.88. The van der Waals surface area contributed by atoms with E-state index in [0.717, 1.165) is 38.5 Å². The number of aliphatic carboxylic acids is 2. The minimum atomic E-state index is -1.02. The van der Waals surface area contributed by atoms with Crippen molar-refractivity contribution in [2.75, 3.05) is 32.9 Å². The van der Waals surface area contributed by atoms with Crippen molar-refractivity contribution in [2.24, 2.45) is 47.3 Å². The van der Waals surface area contributed by atoms with E-state index in [1.54, 1.807) is 0 Å². The number of ether oxygens (including phenoxy) is 2. The Labute approximate surface area is 284 Å². The van der Waals surface area contributed by atoms with Crippen LogP contribution in [0.15, 0.2) is 0 Å². The number of carbonyl (C=O) groups is 5. The Morgan fingerprint density at radius 1 is 0.562 bits per heavy atom. The predicted molar refractivity (Wildman–Crippen MR) is 175 cm³/mol. The first-order valence-corrected chi connectivity index (χ1v) is 18.6. The maximum absolute atomic E-state index is 13.0. The number of amides is 1. The lowest BCUT2D eigenvalue weighted by molar-refractivity contribution is -0.158. The maximum Gasteiger partial charge on any atom is 0.308 e. The molecule has 4 aliphatic rings. The van der Waals surface area contributed by atoms with E-state index in [2.05, 4.69) is 10.8 Å². The zero-order valence-corrected chi connectivity index (χ0v) is 28.5. The lowest BCUT2D eigenvalue weighted by Crippen LogP contribution is -2.43. The molecule has 48 heavy (non-hydrogen) atoms. The van der Waals surface area contributed by atoms with Gasteiger partial charge in [0.2, 0.25) is 5.91 Å². The highest BCUT2D eigenvalue weighted by Crippen LogP contribution is 2.37. The molecule has 0 saturated heterocycles. The van der Waals surface area contributed by atoms with Crippen LogP contribution in [0.5, 0.6) is 0 Å². The monoisotopic (exact) mass is 678 g/mol. The van der Waals surface area contributed by atoms with Gasteiger partial charge in [0.05, 0.1) is 49.4 Å². The van der Waals surface area contributed by atoms with E-state index >= 15 is 0 Å². The van der Waals surface area contributed by atoms with Gasteiger partial charge in [-0.25, -0.2) is 5.48 Å². The molecule has 6 unspecified atom stereocenters. The third kappa shape index (κ3) is 12.0. The number of nitrogens with one attached hydrogen (secondary N) is 2. The molecule has 0 aromatic rings. The van der Waals surface area contributed by atoms with Crippen LogP contribution in [-0.2, 0) is 38.3 Å². The Kier molecular flexibility index (Phi) is 15.9. The average molecular weight is 679 g/mol. The molecule has 6 atom stereocenters. The highest BCUT2D eigenvalue weighted by molar-refractivity contribution is 5.86.